The van der Waals surface area contributed by atoms with E-state index in [-0.39, 0.29) is 0 Å². The van der Waals surface area contributed by atoms with Gasteiger partial charge in [0.15, 0.2) is 0 Å². The number of hydrogen-bond donors (Lipinski definition) is 1. The largest absolute Gasteiger partial charge is 0.507 e. The first kappa shape index (κ1) is 12.4. The van der Waals surface area contributed by atoms with Crippen molar-refractivity contribution in [2.45, 2.75) is 20.3 Å². The Labute approximate surface area is 108 Å². The van der Waals surface area contributed by atoms with Crippen LogP contribution < -0.4 is 0 Å². The second kappa shape index (κ2) is 5.09. The molecule has 0 spiro atoms. The normalized spacial score (nSPS) is 10.3. The van der Waals surface area contributed by atoms with E-state index in [1.54, 1.807) is 0 Å². The Bertz CT molecular complexity index is 568. The van der Waals surface area contributed by atoms with Crippen LogP contribution in [0.5, 0.6) is 5.75 Å². The number of benzene rings is 2. The van der Waals surface area contributed by atoms with Gasteiger partial charge >= 0.3 is 0 Å². The summed E-state index contributed by atoms with van der Waals surface area (Å²) in [5, 5.41) is 10.2. The molecule has 0 aliphatic heterocycles. The molecule has 0 radical (unpaired) electrons. The minimum Gasteiger partial charge on any atom is -0.507 e. The van der Waals surface area contributed by atoms with E-state index >= 15 is 0 Å². The molecule has 0 atom stereocenters. The first-order valence-electron chi connectivity index (χ1n) is 6.13. The summed E-state index contributed by atoms with van der Waals surface area (Å²) in [7, 11) is 0. The van der Waals surface area contributed by atoms with Gasteiger partial charge in [-0.25, -0.2) is 0 Å². The lowest BCUT2D eigenvalue weighted by molar-refractivity contribution is 0.476. The SMILES string of the molecule is C=CCc1cc(O)c(-c2ccccc2)c(C)c1C. The van der Waals surface area contributed by atoms with Gasteiger partial charge in [0.2, 0.25) is 0 Å². The molecular weight excluding hydrogens is 220 g/mol. The van der Waals surface area contributed by atoms with Crippen molar-refractivity contribution in [3.8, 4) is 16.9 Å². The summed E-state index contributed by atoms with van der Waals surface area (Å²) >= 11 is 0. The lowest BCUT2D eigenvalue weighted by Crippen LogP contribution is -1.95. The Kier molecular flexibility index (Phi) is 3.52. The third-order valence-corrected chi connectivity index (χ3v) is 3.41. The van der Waals surface area contributed by atoms with Crippen LogP contribution in [0, 0.1) is 13.8 Å². The van der Waals surface area contributed by atoms with Crippen molar-refractivity contribution >= 4 is 0 Å². The van der Waals surface area contributed by atoms with E-state index in [1.807, 2.05) is 42.5 Å². The molecule has 0 bridgehead atoms. The van der Waals surface area contributed by atoms with Gasteiger partial charge in [-0.05, 0) is 48.6 Å². The quantitative estimate of drug-likeness (QED) is 0.785. The van der Waals surface area contributed by atoms with Crippen molar-refractivity contribution < 1.29 is 5.11 Å². The molecule has 0 saturated heterocycles. The second-order valence-electron chi connectivity index (χ2n) is 4.54. The highest BCUT2D eigenvalue weighted by Gasteiger charge is 2.12. The summed E-state index contributed by atoms with van der Waals surface area (Å²) in [6.07, 6.45) is 2.65. The van der Waals surface area contributed by atoms with Gasteiger partial charge in [0.1, 0.15) is 5.75 Å². The van der Waals surface area contributed by atoms with Crippen molar-refractivity contribution in [3.05, 3.63) is 65.7 Å². The van der Waals surface area contributed by atoms with Crippen LogP contribution in [0.15, 0.2) is 49.1 Å². The molecule has 1 N–H and O–H groups in total. The standard InChI is InChI=1S/C17H18O/c1-4-8-15-11-16(18)17(13(3)12(15)2)14-9-6-5-7-10-14/h4-7,9-11,18H,1,8H2,2-3H3. The van der Waals surface area contributed by atoms with Crippen molar-refractivity contribution in [1.29, 1.82) is 0 Å². The van der Waals surface area contributed by atoms with E-state index in [0.29, 0.717) is 5.75 Å². The fraction of sp³-hybridized carbons (Fsp3) is 0.176. The van der Waals surface area contributed by atoms with Crippen molar-refractivity contribution in [3.63, 3.8) is 0 Å². The highest BCUT2D eigenvalue weighted by molar-refractivity contribution is 5.75. The molecule has 0 fully saturated rings. The van der Waals surface area contributed by atoms with Crippen molar-refractivity contribution in [2.75, 3.05) is 0 Å². The van der Waals surface area contributed by atoms with Crippen LogP contribution in [-0.4, -0.2) is 5.11 Å². The van der Waals surface area contributed by atoms with E-state index in [9.17, 15) is 5.11 Å². The molecule has 1 nitrogen and oxygen atoms in total. The van der Waals surface area contributed by atoms with Gasteiger partial charge < -0.3 is 5.11 Å². The van der Waals surface area contributed by atoms with Crippen LogP contribution in [0.2, 0.25) is 0 Å². The van der Waals surface area contributed by atoms with Gasteiger partial charge in [0.05, 0.1) is 0 Å². The van der Waals surface area contributed by atoms with E-state index in [2.05, 4.69) is 20.4 Å². The average Bonchev–Trinajstić information content (AvgIpc) is 2.37. The fourth-order valence-electron chi connectivity index (χ4n) is 2.30. The molecule has 2 aromatic carbocycles. The molecule has 0 saturated carbocycles. The predicted molar refractivity (Wildman–Crippen MR) is 76.9 cm³/mol. The number of aromatic hydroxyl groups is 1. The van der Waals surface area contributed by atoms with E-state index < -0.39 is 0 Å². The maximum atomic E-state index is 10.2. The van der Waals surface area contributed by atoms with Gasteiger partial charge in [0.25, 0.3) is 0 Å². The topological polar surface area (TPSA) is 20.2 Å². The minimum atomic E-state index is 0.348. The zero-order chi connectivity index (χ0) is 13.1. The Morgan fingerprint density at radius 2 is 1.78 bits per heavy atom. The fourth-order valence-corrected chi connectivity index (χ4v) is 2.30. The van der Waals surface area contributed by atoms with Gasteiger partial charge in [-0.3, -0.25) is 0 Å². The maximum absolute atomic E-state index is 10.2. The molecule has 18 heavy (non-hydrogen) atoms. The molecule has 92 valence electrons. The lowest BCUT2D eigenvalue weighted by Gasteiger charge is -2.15. The monoisotopic (exact) mass is 238 g/mol. The first-order chi connectivity index (χ1) is 8.65. The number of phenols is 1. The Balaban J connectivity index is 2.63. The molecule has 0 amide bonds. The molecule has 1 heteroatoms. The molecule has 0 unspecified atom stereocenters. The highest BCUT2D eigenvalue weighted by atomic mass is 16.3. The first-order valence-corrected chi connectivity index (χ1v) is 6.13. The third-order valence-electron chi connectivity index (χ3n) is 3.41. The predicted octanol–water partition coefficient (Wildman–Crippen LogP) is 4.40. The van der Waals surface area contributed by atoms with Gasteiger partial charge in [0, 0.05) is 5.56 Å². The molecule has 2 rings (SSSR count). The highest BCUT2D eigenvalue weighted by Crippen LogP contribution is 2.36. The third kappa shape index (κ3) is 2.17. The number of allylic oxidation sites excluding steroid dienone is 1. The zero-order valence-corrected chi connectivity index (χ0v) is 10.9. The van der Waals surface area contributed by atoms with Crippen LogP contribution >= 0.6 is 0 Å². The van der Waals surface area contributed by atoms with E-state index in [0.717, 1.165) is 28.7 Å². The van der Waals surface area contributed by atoms with Crippen LogP contribution in [0.1, 0.15) is 16.7 Å². The summed E-state index contributed by atoms with van der Waals surface area (Å²) in [5.74, 6) is 0.348. The van der Waals surface area contributed by atoms with Crippen LogP contribution in [0.25, 0.3) is 11.1 Å². The molecule has 2 aromatic rings. The number of rotatable bonds is 3. The number of hydrogen-bond acceptors (Lipinski definition) is 1. The van der Waals surface area contributed by atoms with Crippen molar-refractivity contribution in [2.24, 2.45) is 0 Å². The van der Waals surface area contributed by atoms with E-state index in [4.69, 9.17) is 0 Å². The molecule has 0 aliphatic carbocycles. The smallest absolute Gasteiger partial charge is 0.123 e. The Morgan fingerprint density at radius 3 is 2.39 bits per heavy atom. The number of phenolic OH excluding ortho intramolecular Hbond substituents is 1. The van der Waals surface area contributed by atoms with Gasteiger partial charge in [-0.2, -0.15) is 0 Å². The average molecular weight is 238 g/mol. The Morgan fingerprint density at radius 1 is 1.11 bits per heavy atom. The van der Waals surface area contributed by atoms with Crippen LogP contribution in [0.3, 0.4) is 0 Å². The van der Waals surface area contributed by atoms with Gasteiger partial charge in [-0.15, -0.1) is 6.58 Å². The molecular formula is C17H18O. The van der Waals surface area contributed by atoms with Gasteiger partial charge in [-0.1, -0.05) is 36.4 Å². The van der Waals surface area contributed by atoms with Crippen molar-refractivity contribution in [1.82, 2.24) is 0 Å². The second-order valence-corrected chi connectivity index (χ2v) is 4.54. The molecule has 0 aliphatic rings. The summed E-state index contributed by atoms with van der Waals surface area (Å²) in [5.41, 5.74) is 5.49. The summed E-state index contributed by atoms with van der Waals surface area (Å²) in [6.45, 7) is 7.91. The maximum Gasteiger partial charge on any atom is 0.123 e. The summed E-state index contributed by atoms with van der Waals surface area (Å²) in [4.78, 5) is 0. The zero-order valence-electron chi connectivity index (χ0n) is 10.9. The lowest BCUT2D eigenvalue weighted by atomic mass is 9.91. The molecule has 0 aromatic heterocycles. The minimum absolute atomic E-state index is 0.348. The Hall–Kier alpha value is -2.02. The van der Waals surface area contributed by atoms with E-state index in [1.165, 1.54) is 5.56 Å². The van der Waals surface area contributed by atoms with Crippen LogP contribution in [0.4, 0.5) is 0 Å². The summed E-state index contributed by atoms with van der Waals surface area (Å²) in [6, 6.07) is 11.9. The summed E-state index contributed by atoms with van der Waals surface area (Å²) < 4.78 is 0. The van der Waals surface area contributed by atoms with Crippen LogP contribution in [-0.2, 0) is 6.42 Å². The molecule has 0 heterocycles.